The van der Waals surface area contributed by atoms with Gasteiger partial charge in [0, 0.05) is 32.3 Å². The van der Waals surface area contributed by atoms with Crippen LogP contribution in [0.3, 0.4) is 0 Å². The number of aryl methyl sites for hydroxylation is 1. The number of alkyl halides is 1. The second kappa shape index (κ2) is 5.08. The summed E-state index contributed by atoms with van der Waals surface area (Å²) in [5.41, 5.74) is 1.14. The first-order chi connectivity index (χ1) is 8.08. The highest BCUT2D eigenvalue weighted by Crippen LogP contribution is 2.27. The van der Waals surface area contributed by atoms with Gasteiger partial charge in [0.05, 0.1) is 5.69 Å². The van der Waals surface area contributed by atoms with Crippen LogP contribution in [0.4, 0.5) is 0 Å². The maximum atomic E-state index is 11.7. The van der Waals surface area contributed by atoms with Crippen LogP contribution in [0.1, 0.15) is 31.4 Å². The highest BCUT2D eigenvalue weighted by Gasteiger charge is 2.26. The first-order valence-corrected chi connectivity index (χ1v) is 6.44. The predicted octanol–water partition coefficient (Wildman–Crippen LogP) is 1.75. The molecule has 0 saturated carbocycles. The smallest absolute Gasteiger partial charge is 0.240 e. The number of aromatic nitrogens is 2. The van der Waals surface area contributed by atoms with Crippen LogP contribution in [0.5, 0.6) is 0 Å². The number of nitrogens with zero attached hydrogens (tertiary/aromatic N) is 3. The summed E-state index contributed by atoms with van der Waals surface area (Å²) in [4.78, 5) is 13.6. The van der Waals surface area contributed by atoms with Crippen LogP contribution < -0.4 is 0 Å². The Bertz CT molecular complexity index is 394. The lowest BCUT2D eigenvalue weighted by Gasteiger charge is -2.32. The molecule has 4 nitrogen and oxygen atoms in total. The van der Waals surface area contributed by atoms with Crippen molar-refractivity contribution in [3.63, 3.8) is 0 Å². The van der Waals surface area contributed by atoms with Gasteiger partial charge in [-0.2, -0.15) is 5.10 Å². The minimum atomic E-state index is -0.415. The molecule has 94 valence electrons. The number of amides is 1. The molecule has 0 aliphatic carbocycles. The fourth-order valence-electron chi connectivity index (χ4n) is 2.30. The Labute approximate surface area is 107 Å². The van der Waals surface area contributed by atoms with Crippen molar-refractivity contribution in [3.05, 3.63) is 18.0 Å². The molecule has 1 saturated heterocycles. The monoisotopic (exact) mass is 255 g/mol. The molecule has 0 bridgehead atoms. The van der Waals surface area contributed by atoms with Crippen LogP contribution in [0.2, 0.25) is 0 Å². The van der Waals surface area contributed by atoms with Crippen LogP contribution in [0.25, 0.3) is 0 Å². The lowest BCUT2D eigenvalue weighted by molar-refractivity contribution is -0.131. The lowest BCUT2D eigenvalue weighted by Crippen LogP contribution is -2.41. The average molecular weight is 256 g/mol. The average Bonchev–Trinajstić information content (AvgIpc) is 2.75. The summed E-state index contributed by atoms with van der Waals surface area (Å²) in [6.07, 6.45) is 3.92. The summed E-state index contributed by atoms with van der Waals surface area (Å²) in [6, 6.07) is 2.06. The number of halogens is 1. The third-order valence-electron chi connectivity index (χ3n) is 3.30. The number of carbonyl (C=O) groups is 1. The first kappa shape index (κ1) is 12.4. The number of carbonyl (C=O) groups excluding carboxylic acids is 1. The Morgan fingerprint density at radius 1 is 1.53 bits per heavy atom. The molecule has 2 rings (SSSR count). The predicted molar refractivity (Wildman–Crippen MR) is 67.1 cm³/mol. The summed E-state index contributed by atoms with van der Waals surface area (Å²) in [5.74, 6) is 0.525. The van der Waals surface area contributed by atoms with E-state index in [-0.39, 0.29) is 5.91 Å². The van der Waals surface area contributed by atoms with Gasteiger partial charge >= 0.3 is 0 Å². The number of piperidine rings is 1. The SMILES string of the molecule is C[C@@H](Cl)C(=O)N1CCC(c2ccn(C)n2)CC1. The van der Waals surface area contributed by atoms with Crippen molar-refractivity contribution in [3.8, 4) is 0 Å². The molecule has 1 amide bonds. The Morgan fingerprint density at radius 3 is 2.65 bits per heavy atom. The minimum absolute atomic E-state index is 0.0473. The standard InChI is InChI=1S/C12H18ClN3O/c1-9(13)12(17)16-7-3-10(4-8-16)11-5-6-15(2)14-11/h5-6,9-10H,3-4,7-8H2,1-2H3/t9-/m1/s1. The van der Waals surface area contributed by atoms with E-state index in [9.17, 15) is 4.79 Å². The van der Waals surface area contributed by atoms with E-state index in [1.165, 1.54) is 0 Å². The maximum Gasteiger partial charge on any atom is 0.240 e. The van der Waals surface area contributed by atoms with E-state index in [0.29, 0.717) is 5.92 Å². The molecular formula is C12H18ClN3O. The Hall–Kier alpha value is -1.03. The summed E-state index contributed by atoms with van der Waals surface area (Å²) in [7, 11) is 1.93. The van der Waals surface area contributed by atoms with Gasteiger partial charge < -0.3 is 4.90 Å². The van der Waals surface area contributed by atoms with Crippen LogP contribution >= 0.6 is 11.6 Å². The van der Waals surface area contributed by atoms with Gasteiger partial charge in [0.1, 0.15) is 5.38 Å². The largest absolute Gasteiger partial charge is 0.341 e. The van der Waals surface area contributed by atoms with E-state index in [2.05, 4.69) is 11.2 Å². The molecule has 1 aliphatic heterocycles. The molecule has 0 N–H and O–H groups in total. The molecule has 0 unspecified atom stereocenters. The third-order valence-corrected chi connectivity index (χ3v) is 3.49. The van der Waals surface area contributed by atoms with Crippen molar-refractivity contribution in [2.75, 3.05) is 13.1 Å². The first-order valence-electron chi connectivity index (χ1n) is 6.00. The highest BCUT2D eigenvalue weighted by atomic mass is 35.5. The number of rotatable bonds is 2. The second-order valence-electron chi connectivity index (χ2n) is 4.63. The van der Waals surface area contributed by atoms with Gasteiger partial charge in [0.15, 0.2) is 0 Å². The Kier molecular flexibility index (Phi) is 3.72. The van der Waals surface area contributed by atoms with E-state index in [4.69, 9.17) is 11.6 Å². The molecular weight excluding hydrogens is 238 g/mol. The summed E-state index contributed by atoms with van der Waals surface area (Å²) in [5, 5.41) is 4.01. The van der Waals surface area contributed by atoms with Gasteiger partial charge in [0.25, 0.3) is 0 Å². The molecule has 5 heteroatoms. The fraction of sp³-hybridized carbons (Fsp3) is 0.667. The molecule has 1 aromatic rings. The quantitative estimate of drug-likeness (QED) is 0.756. The highest BCUT2D eigenvalue weighted by molar-refractivity contribution is 6.30. The van der Waals surface area contributed by atoms with E-state index in [0.717, 1.165) is 31.6 Å². The normalized spacial score (nSPS) is 19.4. The zero-order valence-electron chi connectivity index (χ0n) is 10.3. The van der Waals surface area contributed by atoms with Crippen LogP contribution in [-0.4, -0.2) is 39.1 Å². The third kappa shape index (κ3) is 2.80. The van der Waals surface area contributed by atoms with E-state index >= 15 is 0 Å². The Balaban J connectivity index is 1.92. The van der Waals surface area contributed by atoms with Crippen LogP contribution in [0.15, 0.2) is 12.3 Å². The minimum Gasteiger partial charge on any atom is -0.341 e. The lowest BCUT2D eigenvalue weighted by atomic mass is 9.93. The van der Waals surface area contributed by atoms with Gasteiger partial charge in [-0.1, -0.05) is 0 Å². The van der Waals surface area contributed by atoms with Crippen molar-refractivity contribution in [1.82, 2.24) is 14.7 Å². The maximum absolute atomic E-state index is 11.7. The van der Waals surface area contributed by atoms with Gasteiger partial charge in [0.2, 0.25) is 5.91 Å². The van der Waals surface area contributed by atoms with E-state index in [1.807, 2.05) is 22.8 Å². The Morgan fingerprint density at radius 2 is 2.18 bits per heavy atom. The molecule has 0 radical (unpaired) electrons. The van der Waals surface area contributed by atoms with Gasteiger partial charge in [-0.05, 0) is 25.8 Å². The zero-order chi connectivity index (χ0) is 12.4. The zero-order valence-corrected chi connectivity index (χ0v) is 11.0. The molecule has 0 aromatic carbocycles. The van der Waals surface area contributed by atoms with Crippen molar-refractivity contribution >= 4 is 17.5 Å². The number of hydrogen-bond acceptors (Lipinski definition) is 2. The van der Waals surface area contributed by atoms with E-state index in [1.54, 1.807) is 6.92 Å². The van der Waals surface area contributed by atoms with Crippen LogP contribution in [0, 0.1) is 0 Å². The molecule has 0 spiro atoms. The molecule has 1 aliphatic rings. The molecule has 1 aromatic heterocycles. The van der Waals surface area contributed by atoms with Gasteiger partial charge in [-0.15, -0.1) is 11.6 Å². The van der Waals surface area contributed by atoms with Crippen molar-refractivity contribution in [2.24, 2.45) is 7.05 Å². The molecule has 1 fully saturated rings. The summed E-state index contributed by atoms with van der Waals surface area (Å²) >= 11 is 5.81. The van der Waals surface area contributed by atoms with Crippen molar-refractivity contribution < 1.29 is 4.79 Å². The van der Waals surface area contributed by atoms with Crippen molar-refractivity contribution in [1.29, 1.82) is 0 Å². The van der Waals surface area contributed by atoms with Gasteiger partial charge in [-0.25, -0.2) is 0 Å². The number of likely N-dealkylation sites (tertiary alicyclic amines) is 1. The molecule has 1 atom stereocenters. The number of hydrogen-bond donors (Lipinski definition) is 0. The van der Waals surface area contributed by atoms with Crippen LogP contribution in [-0.2, 0) is 11.8 Å². The second-order valence-corrected chi connectivity index (χ2v) is 5.28. The summed E-state index contributed by atoms with van der Waals surface area (Å²) in [6.45, 7) is 3.31. The van der Waals surface area contributed by atoms with Gasteiger partial charge in [-0.3, -0.25) is 9.48 Å². The van der Waals surface area contributed by atoms with E-state index < -0.39 is 5.38 Å². The molecule has 17 heavy (non-hydrogen) atoms. The van der Waals surface area contributed by atoms with Crippen molar-refractivity contribution in [2.45, 2.75) is 31.1 Å². The fourth-order valence-corrected chi connectivity index (χ4v) is 2.44. The summed E-state index contributed by atoms with van der Waals surface area (Å²) < 4.78 is 1.83. The molecule has 2 heterocycles. The topological polar surface area (TPSA) is 38.1 Å².